The van der Waals surface area contributed by atoms with Crippen molar-refractivity contribution in [1.82, 2.24) is 0 Å². The average molecular weight is 300 g/mol. The van der Waals surface area contributed by atoms with Gasteiger partial charge < -0.3 is 10.6 Å². The van der Waals surface area contributed by atoms with Crippen molar-refractivity contribution in [3.63, 3.8) is 0 Å². The molecule has 0 aliphatic heterocycles. The van der Waals surface area contributed by atoms with Crippen molar-refractivity contribution in [2.75, 3.05) is 10.6 Å². The van der Waals surface area contributed by atoms with Crippen LogP contribution in [-0.2, 0) is 4.79 Å². The molecule has 0 heterocycles. The van der Waals surface area contributed by atoms with Gasteiger partial charge in [-0.25, -0.2) is 4.39 Å². The molecule has 22 heavy (non-hydrogen) atoms. The predicted octanol–water partition coefficient (Wildman–Crippen LogP) is 3.73. The Balaban J connectivity index is 2.19. The highest BCUT2D eigenvalue weighted by atomic mass is 19.1. The number of halogens is 1. The lowest BCUT2D eigenvalue weighted by atomic mass is 10.1. The Morgan fingerprint density at radius 1 is 1.00 bits per heavy atom. The molecule has 0 atom stereocenters. The lowest BCUT2D eigenvalue weighted by molar-refractivity contribution is -0.115. The Morgan fingerprint density at radius 3 is 2.18 bits per heavy atom. The third kappa shape index (κ3) is 3.69. The standard InChI is InChI=1S/C17H17FN2O2/c1-3-16(21)19-14-5-4-6-15(11(14)2)20-17(22)12-7-9-13(18)10-8-12/h4-10H,3H2,1-2H3,(H,19,21)(H,20,22). The van der Waals surface area contributed by atoms with E-state index in [0.717, 1.165) is 5.56 Å². The summed E-state index contributed by atoms with van der Waals surface area (Å²) in [6, 6.07) is 10.6. The van der Waals surface area contributed by atoms with E-state index in [1.807, 2.05) is 6.92 Å². The second-order valence-corrected chi connectivity index (χ2v) is 4.84. The lowest BCUT2D eigenvalue weighted by Crippen LogP contribution is -2.15. The van der Waals surface area contributed by atoms with E-state index in [9.17, 15) is 14.0 Å². The number of amides is 2. The molecule has 2 N–H and O–H groups in total. The van der Waals surface area contributed by atoms with Gasteiger partial charge >= 0.3 is 0 Å². The Bertz CT molecular complexity index is 696. The summed E-state index contributed by atoms with van der Waals surface area (Å²) in [6.07, 6.45) is 0.381. The molecule has 0 saturated heterocycles. The van der Waals surface area contributed by atoms with Crippen LogP contribution in [0.5, 0.6) is 0 Å². The quantitative estimate of drug-likeness (QED) is 0.903. The summed E-state index contributed by atoms with van der Waals surface area (Å²) in [5, 5.41) is 5.55. The zero-order valence-corrected chi connectivity index (χ0v) is 12.4. The molecule has 2 rings (SSSR count). The zero-order chi connectivity index (χ0) is 16.1. The molecule has 0 fully saturated rings. The van der Waals surface area contributed by atoms with Crippen molar-refractivity contribution < 1.29 is 14.0 Å². The smallest absolute Gasteiger partial charge is 0.255 e. The maximum Gasteiger partial charge on any atom is 0.255 e. The van der Waals surface area contributed by atoms with Crippen LogP contribution < -0.4 is 10.6 Å². The average Bonchev–Trinajstić information content (AvgIpc) is 2.51. The van der Waals surface area contributed by atoms with Crippen LogP contribution in [0.25, 0.3) is 0 Å². The van der Waals surface area contributed by atoms with Gasteiger partial charge in [0, 0.05) is 23.4 Å². The molecule has 2 amide bonds. The number of rotatable bonds is 4. The molecular formula is C17H17FN2O2. The van der Waals surface area contributed by atoms with Crippen molar-refractivity contribution in [3.8, 4) is 0 Å². The first-order valence-electron chi connectivity index (χ1n) is 6.97. The van der Waals surface area contributed by atoms with Gasteiger partial charge in [0.2, 0.25) is 5.91 Å². The van der Waals surface area contributed by atoms with Crippen LogP contribution >= 0.6 is 0 Å². The second kappa shape index (κ2) is 6.85. The second-order valence-electron chi connectivity index (χ2n) is 4.84. The van der Waals surface area contributed by atoms with Gasteiger partial charge in [-0.3, -0.25) is 9.59 Å². The molecule has 0 spiro atoms. The topological polar surface area (TPSA) is 58.2 Å². The molecule has 0 aliphatic carbocycles. The Kier molecular flexibility index (Phi) is 4.88. The number of hydrogen-bond donors (Lipinski definition) is 2. The van der Waals surface area contributed by atoms with E-state index in [1.54, 1.807) is 25.1 Å². The summed E-state index contributed by atoms with van der Waals surface area (Å²) in [4.78, 5) is 23.6. The molecule has 0 aliphatic rings. The number of benzene rings is 2. The lowest BCUT2D eigenvalue weighted by Gasteiger charge is -2.13. The van der Waals surface area contributed by atoms with Gasteiger partial charge in [0.25, 0.3) is 5.91 Å². The summed E-state index contributed by atoms with van der Waals surface area (Å²) < 4.78 is 12.9. The van der Waals surface area contributed by atoms with Gasteiger partial charge in [-0.05, 0) is 48.9 Å². The molecule has 4 nitrogen and oxygen atoms in total. The number of carbonyl (C=O) groups excluding carboxylic acids is 2. The molecular weight excluding hydrogens is 283 g/mol. The molecule has 0 saturated carbocycles. The van der Waals surface area contributed by atoms with Crippen LogP contribution in [0.4, 0.5) is 15.8 Å². The van der Waals surface area contributed by atoms with E-state index in [1.165, 1.54) is 24.3 Å². The number of nitrogens with one attached hydrogen (secondary N) is 2. The zero-order valence-electron chi connectivity index (χ0n) is 12.4. The largest absolute Gasteiger partial charge is 0.326 e. The first-order chi connectivity index (χ1) is 10.5. The number of anilines is 2. The van der Waals surface area contributed by atoms with E-state index in [4.69, 9.17) is 0 Å². The summed E-state index contributed by atoms with van der Waals surface area (Å²) in [7, 11) is 0. The van der Waals surface area contributed by atoms with Gasteiger partial charge in [-0.15, -0.1) is 0 Å². The van der Waals surface area contributed by atoms with E-state index in [2.05, 4.69) is 10.6 Å². The number of carbonyl (C=O) groups is 2. The Labute approximate surface area is 128 Å². The monoisotopic (exact) mass is 300 g/mol. The fourth-order valence-corrected chi connectivity index (χ4v) is 1.94. The molecule has 0 bridgehead atoms. The van der Waals surface area contributed by atoms with Crippen LogP contribution in [0.2, 0.25) is 0 Å². The van der Waals surface area contributed by atoms with Crippen molar-refractivity contribution >= 4 is 23.2 Å². The van der Waals surface area contributed by atoms with Gasteiger partial charge in [0.05, 0.1) is 0 Å². The summed E-state index contributed by atoms with van der Waals surface area (Å²) in [6.45, 7) is 3.58. The highest BCUT2D eigenvalue weighted by Crippen LogP contribution is 2.24. The molecule has 114 valence electrons. The van der Waals surface area contributed by atoms with Crippen LogP contribution in [-0.4, -0.2) is 11.8 Å². The van der Waals surface area contributed by atoms with Crippen molar-refractivity contribution in [2.45, 2.75) is 20.3 Å². The van der Waals surface area contributed by atoms with Gasteiger partial charge in [-0.2, -0.15) is 0 Å². The minimum absolute atomic E-state index is 0.0925. The van der Waals surface area contributed by atoms with Crippen LogP contribution in [0, 0.1) is 12.7 Å². The summed E-state index contributed by atoms with van der Waals surface area (Å²) in [5.74, 6) is -0.816. The summed E-state index contributed by atoms with van der Waals surface area (Å²) >= 11 is 0. The van der Waals surface area contributed by atoms with Gasteiger partial charge in [0.1, 0.15) is 5.82 Å². The number of hydrogen-bond acceptors (Lipinski definition) is 2. The van der Waals surface area contributed by atoms with E-state index >= 15 is 0 Å². The molecule has 0 radical (unpaired) electrons. The molecule has 2 aromatic rings. The fraction of sp³-hybridized carbons (Fsp3) is 0.176. The first-order valence-corrected chi connectivity index (χ1v) is 6.97. The van der Waals surface area contributed by atoms with Crippen LogP contribution in [0.3, 0.4) is 0 Å². The van der Waals surface area contributed by atoms with Crippen molar-refractivity contribution in [3.05, 3.63) is 59.4 Å². The molecule has 5 heteroatoms. The molecule has 0 unspecified atom stereocenters. The highest BCUT2D eigenvalue weighted by Gasteiger charge is 2.10. The van der Waals surface area contributed by atoms with Crippen LogP contribution in [0.1, 0.15) is 29.3 Å². The van der Waals surface area contributed by atoms with Gasteiger partial charge in [0.15, 0.2) is 0 Å². The fourth-order valence-electron chi connectivity index (χ4n) is 1.94. The summed E-state index contributed by atoms with van der Waals surface area (Å²) in [5.41, 5.74) is 2.38. The van der Waals surface area contributed by atoms with E-state index < -0.39 is 5.82 Å². The van der Waals surface area contributed by atoms with E-state index in [-0.39, 0.29) is 11.8 Å². The Morgan fingerprint density at radius 2 is 1.59 bits per heavy atom. The highest BCUT2D eigenvalue weighted by molar-refractivity contribution is 6.05. The first kappa shape index (κ1) is 15.7. The van der Waals surface area contributed by atoms with Crippen molar-refractivity contribution in [1.29, 1.82) is 0 Å². The maximum absolute atomic E-state index is 12.9. The van der Waals surface area contributed by atoms with Crippen LogP contribution in [0.15, 0.2) is 42.5 Å². The minimum atomic E-state index is -0.392. The third-order valence-electron chi connectivity index (χ3n) is 3.28. The van der Waals surface area contributed by atoms with Crippen molar-refractivity contribution in [2.24, 2.45) is 0 Å². The molecule has 2 aromatic carbocycles. The predicted molar refractivity (Wildman–Crippen MR) is 84.5 cm³/mol. The van der Waals surface area contributed by atoms with Gasteiger partial charge in [-0.1, -0.05) is 13.0 Å². The maximum atomic E-state index is 12.9. The molecule has 0 aromatic heterocycles. The van der Waals surface area contributed by atoms with E-state index in [0.29, 0.717) is 23.4 Å². The third-order valence-corrected chi connectivity index (χ3v) is 3.28. The normalized spacial score (nSPS) is 10.1. The Hall–Kier alpha value is -2.69. The minimum Gasteiger partial charge on any atom is -0.326 e. The SMILES string of the molecule is CCC(=O)Nc1cccc(NC(=O)c2ccc(F)cc2)c1C.